The molecule has 2 aromatic heterocycles. The lowest BCUT2D eigenvalue weighted by Gasteiger charge is -2.16. The molecule has 0 bridgehead atoms. The van der Waals surface area contributed by atoms with E-state index in [1.165, 1.54) is 4.88 Å². The third-order valence-electron chi connectivity index (χ3n) is 2.35. The Morgan fingerprint density at radius 3 is 2.88 bits per heavy atom. The summed E-state index contributed by atoms with van der Waals surface area (Å²) in [5, 5.41) is 3.45. The number of halogens is 1. The maximum absolute atomic E-state index is 5.94. The predicted octanol–water partition coefficient (Wildman–Crippen LogP) is 4.36. The Labute approximate surface area is 104 Å². The largest absolute Gasteiger partial charge is 0.376 e. The van der Waals surface area contributed by atoms with Gasteiger partial charge in [-0.25, -0.2) is 0 Å². The quantitative estimate of drug-likeness (QED) is 0.875. The minimum absolute atomic E-state index is 0.307. The molecule has 16 heavy (non-hydrogen) atoms. The van der Waals surface area contributed by atoms with Gasteiger partial charge in [0, 0.05) is 17.3 Å². The monoisotopic (exact) mass is 252 g/mol. The van der Waals surface area contributed by atoms with Gasteiger partial charge in [0.2, 0.25) is 0 Å². The zero-order valence-electron chi connectivity index (χ0n) is 8.98. The van der Waals surface area contributed by atoms with Crippen LogP contribution < -0.4 is 5.32 Å². The topological polar surface area (TPSA) is 24.9 Å². The van der Waals surface area contributed by atoms with Crippen LogP contribution in [0.25, 0.3) is 0 Å². The van der Waals surface area contributed by atoms with Crippen LogP contribution >= 0.6 is 22.9 Å². The average molecular weight is 253 g/mol. The van der Waals surface area contributed by atoms with E-state index in [1.54, 1.807) is 17.5 Å². The maximum Gasteiger partial charge on any atom is 0.0932 e. The molecule has 0 saturated heterocycles. The van der Waals surface area contributed by atoms with Gasteiger partial charge < -0.3 is 5.32 Å². The van der Waals surface area contributed by atoms with Gasteiger partial charge >= 0.3 is 0 Å². The van der Waals surface area contributed by atoms with Gasteiger partial charge in [-0.05, 0) is 30.7 Å². The Kier molecular flexibility index (Phi) is 3.80. The van der Waals surface area contributed by atoms with Crippen molar-refractivity contribution in [3.05, 3.63) is 45.9 Å². The van der Waals surface area contributed by atoms with Crippen LogP contribution in [-0.4, -0.2) is 4.98 Å². The van der Waals surface area contributed by atoms with Crippen molar-refractivity contribution in [2.75, 3.05) is 5.32 Å². The van der Waals surface area contributed by atoms with Crippen LogP contribution in [0.4, 0.5) is 5.69 Å². The van der Waals surface area contributed by atoms with Crippen LogP contribution in [-0.2, 0) is 0 Å². The molecule has 0 fully saturated rings. The van der Waals surface area contributed by atoms with E-state index in [0.29, 0.717) is 6.04 Å². The van der Waals surface area contributed by atoms with Crippen molar-refractivity contribution in [1.82, 2.24) is 4.98 Å². The van der Waals surface area contributed by atoms with Crippen molar-refractivity contribution in [2.24, 2.45) is 0 Å². The average Bonchev–Trinajstić information content (AvgIpc) is 2.74. The highest BCUT2D eigenvalue weighted by Crippen LogP contribution is 2.30. The van der Waals surface area contributed by atoms with Crippen LogP contribution in [0.1, 0.15) is 24.3 Å². The molecule has 2 rings (SSSR count). The number of anilines is 1. The summed E-state index contributed by atoms with van der Waals surface area (Å²) in [5.74, 6) is 0. The molecule has 0 aliphatic rings. The smallest absolute Gasteiger partial charge is 0.0932 e. The molecule has 2 nitrogen and oxygen atoms in total. The van der Waals surface area contributed by atoms with Crippen LogP contribution in [0.3, 0.4) is 0 Å². The van der Waals surface area contributed by atoms with E-state index < -0.39 is 0 Å². The molecule has 0 amide bonds. The van der Waals surface area contributed by atoms with Gasteiger partial charge in [-0.3, -0.25) is 4.98 Å². The molecule has 0 saturated carbocycles. The van der Waals surface area contributed by atoms with E-state index in [2.05, 4.69) is 23.3 Å². The minimum Gasteiger partial charge on any atom is -0.376 e. The minimum atomic E-state index is 0.307. The normalized spacial score (nSPS) is 12.4. The molecular formula is C12H13ClN2S. The van der Waals surface area contributed by atoms with E-state index in [4.69, 9.17) is 11.6 Å². The number of hydrogen-bond donors (Lipinski definition) is 1. The lowest BCUT2D eigenvalue weighted by Crippen LogP contribution is -2.07. The van der Waals surface area contributed by atoms with Gasteiger partial charge in [0.25, 0.3) is 0 Å². The summed E-state index contributed by atoms with van der Waals surface area (Å²) in [4.78, 5) is 5.35. The van der Waals surface area contributed by atoms with Gasteiger partial charge in [0.15, 0.2) is 0 Å². The number of thiophene rings is 1. The first-order chi connectivity index (χ1) is 7.79. The van der Waals surface area contributed by atoms with Crippen molar-refractivity contribution < 1.29 is 0 Å². The fraction of sp³-hybridized carbons (Fsp3) is 0.250. The Bertz CT molecular complexity index is 441. The second-order valence-corrected chi connectivity index (χ2v) is 5.24. The molecule has 84 valence electrons. The van der Waals surface area contributed by atoms with E-state index in [9.17, 15) is 0 Å². The van der Waals surface area contributed by atoms with Gasteiger partial charge in [-0.2, -0.15) is 0 Å². The highest BCUT2D eigenvalue weighted by atomic mass is 35.5. The summed E-state index contributed by atoms with van der Waals surface area (Å²) in [6.07, 6.45) is 4.62. The third-order valence-corrected chi connectivity index (χ3v) is 3.69. The predicted molar refractivity (Wildman–Crippen MR) is 70.2 cm³/mol. The molecule has 0 aromatic carbocycles. The fourth-order valence-electron chi connectivity index (χ4n) is 1.54. The Hall–Kier alpha value is -1.06. The van der Waals surface area contributed by atoms with Crippen molar-refractivity contribution in [3.63, 3.8) is 0 Å². The maximum atomic E-state index is 5.94. The van der Waals surface area contributed by atoms with E-state index in [0.717, 1.165) is 16.4 Å². The zero-order valence-corrected chi connectivity index (χ0v) is 10.6. The summed E-state index contributed by atoms with van der Waals surface area (Å²) in [7, 11) is 0. The SMILES string of the molecule is CCC(Nc1cccnc1)c1ccc(Cl)s1. The summed E-state index contributed by atoms with van der Waals surface area (Å²) in [6, 6.07) is 8.27. The molecule has 0 spiro atoms. The van der Waals surface area contributed by atoms with Gasteiger partial charge in [0.1, 0.15) is 0 Å². The van der Waals surface area contributed by atoms with Crippen molar-refractivity contribution in [1.29, 1.82) is 0 Å². The second kappa shape index (κ2) is 5.32. The Morgan fingerprint density at radius 1 is 1.44 bits per heavy atom. The number of pyridine rings is 1. The van der Waals surface area contributed by atoms with Crippen LogP contribution in [0.15, 0.2) is 36.7 Å². The Balaban J connectivity index is 2.12. The molecule has 1 unspecified atom stereocenters. The molecule has 2 heterocycles. The lowest BCUT2D eigenvalue weighted by atomic mass is 10.2. The molecule has 1 atom stereocenters. The number of nitrogens with one attached hydrogen (secondary N) is 1. The van der Waals surface area contributed by atoms with Gasteiger partial charge in [0.05, 0.1) is 16.1 Å². The van der Waals surface area contributed by atoms with Crippen molar-refractivity contribution in [2.45, 2.75) is 19.4 Å². The van der Waals surface area contributed by atoms with Gasteiger partial charge in [-0.1, -0.05) is 18.5 Å². The summed E-state index contributed by atoms with van der Waals surface area (Å²) in [6.45, 7) is 2.15. The number of rotatable bonds is 4. The lowest BCUT2D eigenvalue weighted by molar-refractivity contribution is 0.763. The van der Waals surface area contributed by atoms with Crippen molar-refractivity contribution in [3.8, 4) is 0 Å². The molecular weight excluding hydrogens is 240 g/mol. The first-order valence-corrected chi connectivity index (χ1v) is 6.41. The van der Waals surface area contributed by atoms with Gasteiger partial charge in [-0.15, -0.1) is 11.3 Å². The van der Waals surface area contributed by atoms with Crippen LogP contribution in [0.2, 0.25) is 4.34 Å². The first-order valence-electron chi connectivity index (χ1n) is 5.21. The van der Waals surface area contributed by atoms with E-state index in [1.807, 2.05) is 24.4 Å². The molecule has 0 aliphatic heterocycles. The van der Waals surface area contributed by atoms with Crippen LogP contribution in [0, 0.1) is 0 Å². The van der Waals surface area contributed by atoms with E-state index >= 15 is 0 Å². The molecule has 0 aliphatic carbocycles. The molecule has 2 aromatic rings. The highest BCUT2D eigenvalue weighted by Gasteiger charge is 2.11. The van der Waals surface area contributed by atoms with E-state index in [-0.39, 0.29) is 0 Å². The number of hydrogen-bond acceptors (Lipinski definition) is 3. The highest BCUT2D eigenvalue weighted by molar-refractivity contribution is 7.16. The summed E-state index contributed by atoms with van der Waals surface area (Å²) < 4.78 is 0.835. The van der Waals surface area contributed by atoms with Crippen molar-refractivity contribution >= 4 is 28.6 Å². The zero-order chi connectivity index (χ0) is 11.4. The van der Waals surface area contributed by atoms with Crippen LogP contribution in [0.5, 0.6) is 0 Å². The fourth-order valence-corrected chi connectivity index (χ4v) is 2.73. The second-order valence-electron chi connectivity index (χ2n) is 3.49. The first kappa shape index (κ1) is 11.4. The summed E-state index contributed by atoms with van der Waals surface area (Å²) in [5.41, 5.74) is 1.04. The number of nitrogens with zero attached hydrogens (tertiary/aromatic N) is 1. The molecule has 1 N–H and O–H groups in total. The number of aromatic nitrogens is 1. The standard InChI is InChI=1S/C12H13ClN2S/c1-2-10(11-5-6-12(13)16-11)15-9-4-3-7-14-8-9/h3-8,10,15H,2H2,1H3. The summed E-state index contributed by atoms with van der Waals surface area (Å²) >= 11 is 7.57. The molecule has 0 radical (unpaired) electrons. The Morgan fingerprint density at radius 2 is 2.31 bits per heavy atom. The third kappa shape index (κ3) is 2.74. The molecule has 4 heteroatoms.